The highest BCUT2D eigenvalue weighted by molar-refractivity contribution is 6.35. The lowest BCUT2D eigenvalue weighted by molar-refractivity contribution is -0.135. The topological polar surface area (TPSA) is 55.8 Å². The second-order valence-corrected chi connectivity index (χ2v) is 7.14. The van der Waals surface area contributed by atoms with Gasteiger partial charge in [0.1, 0.15) is 5.75 Å². The van der Waals surface area contributed by atoms with Crippen LogP contribution in [-0.2, 0) is 16.1 Å². The van der Waals surface area contributed by atoms with Crippen molar-refractivity contribution in [3.8, 4) is 5.75 Å². The van der Waals surface area contributed by atoms with Crippen LogP contribution >= 0.6 is 23.2 Å². The summed E-state index contributed by atoms with van der Waals surface area (Å²) >= 11 is 11.9. The average Bonchev–Trinajstić information content (AvgIpc) is 3.51. The molecule has 0 spiro atoms. The van der Waals surface area contributed by atoms with Crippen LogP contribution in [0, 0.1) is 0 Å². The van der Waals surface area contributed by atoms with Crippen LogP contribution in [0.3, 0.4) is 0 Å². The number of methoxy groups -OCH3 is 1. The lowest BCUT2D eigenvalue weighted by Gasteiger charge is -2.22. The predicted molar refractivity (Wildman–Crippen MR) is 103 cm³/mol. The SMILES string of the molecule is COc1ccc(CN(C(=O)COC(=O)c2cc(Cl)ccc2Cl)C2CC2)cc1. The van der Waals surface area contributed by atoms with Gasteiger partial charge in [0.25, 0.3) is 5.91 Å². The number of hydrogen-bond acceptors (Lipinski definition) is 4. The van der Waals surface area contributed by atoms with Gasteiger partial charge in [0.15, 0.2) is 6.61 Å². The van der Waals surface area contributed by atoms with E-state index in [0.29, 0.717) is 11.6 Å². The first-order valence-corrected chi connectivity index (χ1v) is 9.28. The molecule has 0 radical (unpaired) electrons. The van der Waals surface area contributed by atoms with E-state index in [2.05, 4.69) is 0 Å². The van der Waals surface area contributed by atoms with Crippen molar-refractivity contribution >= 4 is 35.1 Å². The van der Waals surface area contributed by atoms with E-state index in [1.54, 1.807) is 18.1 Å². The third-order valence-corrected chi connectivity index (χ3v) is 4.86. The lowest BCUT2D eigenvalue weighted by atomic mass is 10.2. The number of carbonyl (C=O) groups is 2. The molecule has 0 saturated heterocycles. The van der Waals surface area contributed by atoms with Gasteiger partial charge in [0, 0.05) is 17.6 Å². The van der Waals surface area contributed by atoms with Crippen LogP contribution < -0.4 is 4.74 Å². The van der Waals surface area contributed by atoms with Crippen LogP contribution in [-0.4, -0.2) is 36.5 Å². The van der Waals surface area contributed by atoms with Crippen molar-refractivity contribution in [2.24, 2.45) is 0 Å². The van der Waals surface area contributed by atoms with E-state index in [9.17, 15) is 9.59 Å². The number of carbonyl (C=O) groups excluding carboxylic acids is 2. The van der Waals surface area contributed by atoms with E-state index >= 15 is 0 Å². The summed E-state index contributed by atoms with van der Waals surface area (Å²) in [7, 11) is 1.61. The Labute approximate surface area is 167 Å². The van der Waals surface area contributed by atoms with Gasteiger partial charge in [-0.05, 0) is 48.7 Å². The minimum atomic E-state index is -0.670. The summed E-state index contributed by atoms with van der Waals surface area (Å²) < 4.78 is 10.3. The highest BCUT2D eigenvalue weighted by Gasteiger charge is 2.33. The summed E-state index contributed by atoms with van der Waals surface area (Å²) in [6.45, 7) is 0.122. The number of nitrogens with zero attached hydrogens (tertiary/aromatic N) is 1. The highest BCUT2D eigenvalue weighted by Crippen LogP contribution is 2.29. The quantitative estimate of drug-likeness (QED) is 0.640. The molecule has 142 valence electrons. The fourth-order valence-electron chi connectivity index (χ4n) is 2.68. The molecule has 0 N–H and O–H groups in total. The van der Waals surface area contributed by atoms with Crippen LogP contribution in [0.2, 0.25) is 10.0 Å². The minimum absolute atomic E-state index is 0.144. The number of rotatable bonds is 7. The summed E-state index contributed by atoms with van der Waals surface area (Å²) in [6, 6.07) is 12.2. The molecule has 27 heavy (non-hydrogen) atoms. The maximum Gasteiger partial charge on any atom is 0.340 e. The normalized spacial score (nSPS) is 13.1. The van der Waals surface area contributed by atoms with E-state index in [1.807, 2.05) is 24.3 Å². The molecule has 1 saturated carbocycles. The van der Waals surface area contributed by atoms with Gasteiger partial charge in [-0.25, -0.2) is 4.79 Å². The molecule has 0 aromatic heterocycles. The van der Waals surface area contributed by atoms with Crippen LogP contribution in [0.25, 0.3) is 0 Å². The van der Waals surface area contributed by atoms with E-state index < -0.39 is 5.97 Å². The monoisotopic (exact) mass is 407 g/mol. The Balaban J connectivity index is 1.61. The van der Waals surface area contributed by atoms with Gasteiger partial charge >= 0.3 is 5.97 Å². The molecule has 1 aliphatic carbocycles. The highest BCUT2D eigenvalue weighted by atomic mass is 35.5. The molecule has 7 heteroatoms. The Bertz CT molecular complexity index is 834. The Hall–Kier alpha value is -2.24. The molecule has 0 atom stereocenters. The molecule has 0 aliphatic heterocycles. The van der Waals surface area contributed by atoms with Gasteiger partial charge in [0.05, 0.1) is 17.7 Å². The molecule has 5 nitrogen and oxygen atoms in total. The number of ether oxygens (including phenoxy) is 2. The molecule has 2 aromatic rings. The predicted octanol–water partition coefficient (Wildman–Crippen LogP) is 4.35. The van der Waals surface area contributed by atoms with Crippen molar-refractivity contribution in [2.75, 3.05) is 13.7 Å². The van der Waals surface area contributed by atoms with Crippen molar-refractivity contribution in [1.82, 2.24) is 4.90 Å². The molecule has 0 heterocycles. The van der Waals surface area contributed by atoms with Crippen molar-refractivity contribution < 1.29 is 19.1 Å². The summed E-state index contributed by atoms with van der Waals surface area (Å²) in [6.07, 6.45) is 1.91. The second-order valence-electron chi connectivity index (χ2n) is 6.30. The first kappa shape index (κ1) is 19.5. The number of esters is 1. The zero-order chi connectivity index (χ0) is 19.4. The summed E-state index contributed by atoms with van der Waals surface area (Å²) in [5.41, 5.74) is 1.13. The van der Waals surface area contributed by atoms with E-state index in [4.69, 9.17) is 32.7 Å². The summed E-state index contributed by atoms with van der Waals surface area (Å²) in [5, 5.41) is 0.603. The fourth-order valence-corrected chi connectivity index (χ4v) is 3.04. The zero-order valence-electron chi connectivity index (χ0n) is 14.8. The zero-order valence-corrected chi connectivity index (χ0v) is 16.3. The average molecular weight is 408 g/mol. The van der Waals surface area contributed by atoms with Crippen LogP contribution in [0.4, 0.5) is 0 Å². The largest absolute Gasteiger partial charge is 0.497 e. The molecule has 3 rings (SSSR count). The van der Waals surface area contributed by atoms with Crippen LogP contribution in [0.15, 0.2) is 42.5 Å². The third-order valence-electron chi connectivity index (χ3n) is 4.30. The summed E-state index contributed by atoms with van der Waals surface area (Å²) in [5.74, 6) is -0.147. The van der Waals surface area contributed by atoms with Gasteiger partial charge in [-0.1, -0.05) is 35.3 Å². The maximum atomic E-state index is 12.6. The molecule has 0 unspecified atom stereocenters. The fraction of sp³-hybridized carbons (Fsp3) is 0.300. The van der Waals surface area contributed by atoms with Crippen LogP contribution in [0.5, 0.6) is 5.75 Å². The molecule has 1 aliphatic rings. The molecule has 0 bridgehead atoms. The Morgan fingerprint density at radius 1 is 1.11 bits per heavy atom. The standard InChI is InChI=1S/C20H19Cl2NO4/c1-26-16-7-2-13(3-8-16)11-23(15-5-6-15)19(24)12-27-20(25)17-10-14(21)4-9-18(17)22/h2-4,7-10,15H,5-6,11-12H2,1H3. The van der Waals surface area contributed by atoms with Crippen LogP contribution in [0.1, 0.15) is 28.8 Å². The third kappa shape index (κ3) is 5.15. The number of amides is 1. The lowest BCUT2D eigenvalue weighted by Crippen LogP contribution is -2.36. The van der Waals surface area contributed by atoms with Crippen molar-refractivity contribution in [3.05, 3.63) is 63.6 Å². The number of benzene rings is 2. The summed E-state index contributed by atoms with van der Waals surface area (Å²) in [4.78, 5) is 26.6. The van der Waals surface area contributed by atoms with Crippen molar-refractivity contribution in [3.63, 3.8) is 0 Å². The van der Waals surface area contributed by atoms with E-state index in [-0.39, 0.29) is 29.1 Å². The Morgan fingerprint density at radius 3 is 2.44 bits per heavy atom. The second kappa shape index (κ2) is 8.63. The smallest absolute Gasteiger partial charge is 0.340 e. The molecule has 1 fully saturated rings. The Morgan fingerprint density at radius 2 is 1.81 bits per heavy atom. The van der Waals surface area contributed by atoms with Gasteiger partial charge < -0.3 is 14.4 Å². The van der Waals surface area contributed by atoms with E-state index in [0.717, 1.165) is 24.2 Å². The maximum absolute atomic E-state index is 12.6. The first-order chi connectivity index (χ1) is 13.0. The molecular weight excluding hydrogens is 389 g/mol. The number of hydrogen-bond donors (Lipinski definition) is 0. The van der Waals surface area contributed by atoms with Gasteiger partial charge in [-0.15, -0.1) is 0 Å². The van der Waals surface area contributed by atoms with Crippen molar-refractivity contribution in [2.45, 2.75) is 25.4 Å². The van der Waals surface area contributed by atoms with E-state index in [1.165, 1.54) is 12.1 Å². The van der Waals surface area contributed by atoms with Gasteiger partial charge in [0.2, 0.25) is 0 Å². The molecule has 2 aromatic carbocycles. The Kier molecular flexibility index (Phi) is 6.24. The minimum Gasteiger partial charge on any atom is -0.497 e. The first-order valence-electron chi connectivity index (χ1n) is 8.52. The van der Waals surface area contributed by atoms with Crippen molar-refractivity contribution in [1.29, 1.82) is 0 Å². The van der Waals surface area contributed by atoms with Gasteiger partial charge in [-0.3, -0.25) is 4.79 Å². The number of halogens is 2. The van der Waals surface area contributed by atoms with Gasteiger partial charge in [-0.2, -0.15) is 0 Å². The molecular formula is C20H19Cl2NO4. The molecule has 1 amide bonds.